The number of likely N-dealkylation sites (tertiary alicyclic amines) is 1. The Morgan fingerprint density at radius 3 is 2.81 bits per heavy atom. The van der Waals surface area contributed by atoms with Crippen LogP contribution in [0.4, 0.5) is 0 Å². The van der Waals surface area contributed by atoms with Gasteiger partial charge in [0.05, 0.1) is 12.7 Å². The summed E-state index contributed by atoms with van der Waals surface area (Å²) < 4.78 is 5.21. The van der Waals surface area contributed by atoms with E-state index in [1.807, 2.05) is 0 Å². The Kier molecular flexibility index (Phi) is 4.49. The molecule has 1 aromatic carbocycles. The molecule has 1 aliphatic rings. The summed E-state index contributed by atoms with van der Waals surface area (Å²) in [5.41, 5.74) is 0.946. The number of carbonyl (C=O) groups excluding carboxylic acids is 1. The van der Waals surface area contributed by atoms with Crippen molar-refractivity contribution < 1.29 is 19.4 Å². The van der Waals surface area contributed by atoms with Gasteiger partial charge in [0, 0.05) is 12.1 Å². The number of hydrogen-bond donors (Lipinski definition) is 1. The molecule has 1 amide bonds. The summed E-state index contributed by atoms with van der Waals surface area (Å²) in [6, 6.07) is 4.06. The summed E-state index contributed by atoms with van der Waals surface area (Å²) >= 11 is 0. The number of terminal acetylenes is 1. The van der Waals surface area contributed by atoms with Crippen molar-refractivity contribution in [2.45, 2.75) is 25.3 Å². The molecule has 1 atom stereocenters. The van der Waals surface area contributed by atoms with Gasteiger partial charge in [0.2, 0.25) is 0 Å². The van der Waals surface area contributed by atoms with Crippen LogP contribution in [0.5, 0.6) is 5.75 Å². The third-order valence-corrected chi connectivity index (χ3v) is 3.65. The van der Waals surface area contributed by atoms with Gasteiger partial charge < -0.3 is 14.7 Å². The predicted octanol–water partition coefficient (Wildman–Crippen LogP) is 1.76. The molecule has 21 heavy (non-hydrogen) atoms. The van der Waals surface area contributed by atoms with E-state index < -0.39 is 12.0 Å². The molecule has 110 valence electrons. The molecule has 1 heterocycles. The summed E-state index contributed by atoms with van der Waals surface area (Å²) in [5, 5.41) is 9.26. The molecule has 1 saturated heterocycles. The number of carboxylic acid groups (broad SMARTS) is 1. The van der Waals surface area contributed by atoms with E-state index in [9.17, 15) is 14.7 Å². The molecule has 0 spiro atoms. The maximum Gasteiger partial charge on any atom is 0.326 e. The van der Waals surface area contributed by atoms with Gasteiger partial charge in [-0.2, -0.15) is 0 Å². The quantitative estimate of drug-likeness (QED) is 0.860. The standard InChI is InChI=1S/C16H17NO4/c1-3-11-7-8-12(14(10-11)21-2)15(18)17-9-5-4-6-13(17)16(19)20/h1,7-8,10,13H,4-6,9H2,2H3,(H,19,20). The number of ether oxygens (including phenoxy) is 1. The number of carbonyl (C=O) groups is 2. The highest BCUT2D eigenvalue weighted by atomic mass is 16.5. The maximum absolute atomic E-state index is 12.6. The number of nitrogens with zero attached hydrogens (tertiary/aromatic N) is 1. The van der Waals surface area contributed by atoms with Crippen LogP contribution in [0.15, 0.2) is 18.2 Å². The Balaban J connectivity index is 2.34. The van der Waals surface area contributed by atoms with Crippen molar-refractivity contribution in [1.29, 1.82) is 0 Å². The molecule has 1 N–H and O–H groups in total. The molecule has 2 rings (SSSR count). The number of piperidine rings is 1. The van der Waals surface area contributed by atoms with Crippen molar-refractivity contribution in [2.75, 3.05) is 13.7 Å². The second kappa shape index (κ2) is 6.31. The molecule has 1 aliphatic heterocycles. The van der Waals surface area contributed by atoms with Crippen molar-refractivity contribution in [3.8, 4) is 18.1 Å². The second-order valence-corrected chi connectivity index (χ2v) is 4.91. The lowest BCUT2D eigenvalue weighted by Gasteiger charge is -2.33. The molecule has 0 bridgehead atoms. The average molecular weight is 287 g/mol. The first-order valence-electron chi connectivity index (χ1n) is 6.77. The Hall–Kier alpha value is -2.48. The summed E-state index contributed by atoms with van der Waals surface area (Å²) in [5.74, 6) is 1.54. The van der Waals surface area contributed by atoms with E-state index in [1.54, 1.807) is 18.2 Å². The highest BCUT2D eigenvalue weighted by Crippen LogP contribution is 2.25. The Morgan fingerprint density at radius 1 is 1.43 bits per heavy atom. The van der Waals surface area contributed by atoms with E-state index in [1.165, 1.54) is 12.0 Å². The highest BCUT2D eigenvalue weighted by Gasteiger charge is 2.33. The van der Waals surface area contributed by atoms with Gasteiger partial charge in [-0.1, -0.05) is 5.92 Å². The van der Waals surface area contributed by atoms with Crippen LogP contribution >= 0.6 is 0 Å². The van der Waals surface area contributed by atoms with Crippen molar-refractivity contribution in [3.63, 3.8) is 0 Å². The maximum atomic E-state index is 12.6. The lowest BCUT2D eigenvalue weighted by atomic mass is 10.00. The zero-order valence-corrected chi connectivity index (χ0v) is 11.8. The van der Waals surface area contributed by atoms with Crippen LogP contribution in [0.2, 0.25) is 0 Å². The molecule has 0 radical (unpaired) electrons. The molecule has 1 aromatic rings. The smallest absolute Gasteiger partial charge is 0.326 e. The van der Waals surface area contributed by atoms with Crippen molar-refractivity contribution in [2.24, 2.45) is 0 Å². The van der Waals surface area contributed by atoms with Crippen LogP contribution < -0.4 is 4.74 Å². The van der Waals surface area contributed by atoms with Gasteiger partial charge in [-0.3, -0.25) is 4.79 Å². The van der Waals surface area contributed by atoms with Crippen molar-refractivity contribution in [3.05, 3.63) is 29.3 Å². The van der Waals surface area contributed by atoms with Gasteiger partial charge >= 0.3 is 5.97 Å². The number of amides is 1. The Labute approximate surface area is 123 Å². The molecular weight excluding hydrogens is 270 g/mol. The number of aliphatic carboxylic acids is 1. The van der Waals surface area contributed by atoms with Gasteiger partial charge in [0.1, 0.15) is 11.8 Å². The summed E-state index contributed by atoms with van der Waals surface area (Å²) in [6.07, 6.45) is 7.42. The second-order valence-electron chi connectivity index (χ2n) is 4.91. The lowest BCUT2D eigenvalue weighted by Crippen LogP contribution is -2.48. The van der Waals surface area contributed by atoms with Crippen LogP contribution in [0.1, 0.15) is 35.2 Å². The van der Waals surface area contributed by atoms with Crippen LogP contribution in [-0.2, 0) is 4.79 Å². The topological polar surface area (TPSA) is 66.8 Å². The number of hydrogen-bond acceptors (Lipinski definition) is 3. The van der Waals surface area contributed by atoms with Gasteiger partial charge in [-0.05, 0) is 37.5 Å². The third-order valence-electron chi connectivity index (χ3n) is 3.65. The van der Waals surface area contributed by atoms with E-state index in [-0.39, 0.29) is 5.91 Å². The van der Waals surface area contributed by atoms with Crippen molar-refractivity contribution in [1.82, 2.24) is 4.90 Å². The third kappa shape index (κ3) is 3.00. The highest BCUT2D eigenvalue weighted by molar-refractivity contribution is 5.99. The molecule has 1 unspecified atom stereocenters. The molecular formula is C16H17NO4. The van der Waals surface area contributed by atoms with Crippen molar-refractivity contribution >= 4 is 11.9 Å². The summed E-state index contributed by atoms with van der Waals surface area (Å²) in [7, 11) is 1.46. The van der Waals surface area contributed by atoms with E-state index in [0.29, 0.717) is 29.8 Å². The van der Waals surface area contributed by atoms with E-state index in [4.69, 9.17) is 11.2 Å². The largest absolute Gasteiger partial charge is 0.496 e. The fourth-order valence-electron chi connectivity index (χ4n) is 2.54. The monoisotopic (exact) mass is 287 g/mol. The van der Waals surface area contributed by atoms with Gasteiger partial charge in [-0.15, -0.1) is 6.42 Å². The Morgan fingerprint density at radius 2 is 2.19 bits per heavy atom. The zero-order chi connectivity index (χ0) is 15.4. The lowest BCUT2D eigenvalue weighted by molar-refractivity contribution is -0.143. The average Bonchev–Trinajstić information content (AvgIpc) is 2.53. The minimum Gasteiger partial charge on any atom is -0.496 e. The molecule has 0 aromatic heterocycles. The fourth-order valence-corrected chi connectivity index (χ4v) is 2.54. The molecule has 0 saturated carbocycles. The zero-order valence-electron chi connectivity index (χ0n) is 11.8. The molecule has 5 nitrogen and oxygen atoms in total. The van der Waals surface area contributed by atoms with Gasteiger partial charge in [0.15, 0.2) is 0 Å². The first-order valence-corrected chi connectivity index (χ1v) is 6.77. The van der Waals surface area contributed by atoms with Gasteiger partial charge in [-0.25, -0.2) is 4.79 Å². The van der Waals surface area contributed by atoms with E-state index >= 15 is 0 Å². The number of carboxylic acids is 1. The number of rotatable bonds is 3. The van der Waals surface area contributed by atoms with Crippen LogP contribution in [0, 0.1) is 12.3 Å². The Bertz CT molecular complexity index is 603. The SMILES string of the molecule is C#Cc1ccc(C(=O)N2CCCCC2C(=O)O)c(OC)c1. The molecule has 0 aliphatic carbocycles. The molecule has 1 fully saturated rings. The molecule has 5 heteroatoms. The summed E-state index contributed by atoms with van der Waals surface area (Å²) in [6.45, 7) is 0.440. The first kappa shape index (κ1) is 14.9. The minimum atomic E-state index is -0.970. The first-order chi connectivity index (χ1) is 10.1. The fraction of sp³-hybridized carbons (Fsp3) is 0.375. The van der Waals surface area contributed by atoms with Gasteiger partial charge in [0.25, 0.3) is 5.91 Å². The summed E-state index contributed by atoms with van der Waals surface area (Å²) in [4.78, 5) is 25.3. The normalized spacial score (nSPS) is 17.9. The van der Waals surface area contributed by atoms with Crippen LogP contribution in [0.3, 0.4) is 0 Å². The minimum absolute atomic E-state index is 0.331. The number of methoxy groups -OCH3 is 1. The predicted molar refractivity (Wildman–Crippen MR) is 77.2 cm³/mol. The van der Waals surface area contributed by atoms with Crippen LogP contribution in [0.25, 0.3) is 0 Å². The van der Waals surface area contributed by atoms with Crippen LogP contribution in [-0.4, -0.2) is 41.6 Å². The number of benzene rings is 1. The van der Waals surface area contributed by atoms with E-state index in [0.717, 1.165) is 12.8 Å². The van der Waals surface area contributed by atoms with E-state index in [2.05, 4.69) is 5.92 Å².